The van der Waals surface area contributed by atoms with E-state index in [1.54, 1.807) is 0 Å². The highest BCUT2D eigenvalue weighted by atomic mass is 32.2. The summed E-state index contributed by atoms with van der Waals surface area (Å²) in [6.45, 7) is 2.28. The molecule has 32 heavy (non-hydrogen) atoms. The van der Waals surface area contributed by atoms with Gasteiger partial charge in [0.25, 0.3) is 5.69 Å². The number of aliphatic hydroxyl groups is 1. The van der Waals surface area contributed by atoms with Gasteiger partial charge in [0.15, 0.2) is 0 Å². The summed E-state index contributed by atoms with van der Waals surface area (Å²) in [6.07, 6.45) is 1.20. The van der Waals surface area contributed by atoms with Gasteiger partial charge in [0.2, 0.25) is 15.9 Å². The Balaban J connectivity index is 2.00. The number of sulfonamides is 1. The lowest BCUT2D eigenvalue weighted by Crippen LogP contribution is -2.38. The average Bonchev–Trinajstić information content (AvgIpc) is 2.78. The first-order valence-corrected chi connectivity index (χ1v) is 11.9. The summed E-state index contributed by atoms with van der Waals surface area (Å²) in [5, 5.41) is 24.1. The zero-order chi connectivity index (χ0) is 23.6. The maximum atomic E-state index is 12.7. The number of non-ortho nitro benzene ring substituents is 1. The molecule has 0 heterocycles. The summed E-state index contributed by atoms with van der Waals surface area (Å²) in [5.74, 6) is -0.701. The molecule has 1 amide bonds. The molecular formula is C22H29N3O6S. The van der Waals surface area contributed by atoms with Crippen molar-refractivity contribution in [2.45, 2.75) is 43.6 Å². The van der Waals surface area contributed by atoms with E-state index in [-0.39, 0.29) is 29.5 Å². The van der Waals surface area contributed by atoms with Crippen LogP contribution >= 0.6 is 0 Å². The van der Waals surface area contributed by atoms with Crippen LogP contribution in [-0.2, 0) is 21.2 Å². The highest BCUT2D eigenvalue weighted by Gasteiger charge is 2.24. The number of nitro benzene ring substituents is 1. The van der Waals surface area contributed by atoms with Crippen molar-refractivity contribution in [1.29, 1.82) is 0 Å². The van der Waals surface area contributed by atoms with Crippen LogP contribution in [0.1, 0.15) is 31.7 Å². The predicted octanol–water partition coefficient (Wildman–Crippen LogP) is 2.40. The van der Waals surface area contributed by atoms with Crippen molar-refractivity contribution in [3.05, 3.63) is 70.3 Å². The van der Waals surface area contributed by atoms with Gasteiger partial charge in [-0.2, -0.15) is 0 Å². The van der Waals surface area contributed by atoms with Crippen LogP contribution in [0.2, 0.25) is 0 Å². The molecule has 0 saturated heterocycles. The molecule has 2 atom stereocenters. The molecule has 0 aliphatic heterocycles. The lowest BCUT2D eigenvalue weighted by atomic mass is 9.92. The molecule has 2 aromatic carbocycles. The molecule has 0 saturated carbocycles. The second kappa shape index (κ2) is 12.3. The molecule has 2 aromatic rings. The molecule has 0 aliphatic carbocycles. The number of benzene rings is 2. The van der Waals surface area contributed by atoms with Gasteiger partial charge in [-0.3, -0.25) is 14.9 Å². The molecule has 10 heteroatoms. The van der Waals surface area contributed by atoms with Gasteiger partial charge in [-0.25, -0.2) is 13.1 Å². The second-order valence-corrected chi connectivity index (χ2v) is 9.29. The molecule has 3 N–H and O–H groups in total. The average molecular weight is 464 g/mol. The van der Waals surface area contributed by atoms with Crippen LogP contribution in [0.4, 0.5) is 5.69 Å². The highest BCUT2D eigenvalue weighted by molar-refractivity contribution is 7.89. The van der Waals surface area contributed by atoms with E-state index < -0.39 is 27.0 Å². The third kappa shape index (κ3) is 8.03. The van der Waals surface area contributed by atoms with E-state index in [1.165, 1.54) is 0 Å². The van der Waals surface area contributed by atoms with Crippen molar-refractivity contribution < 1.29 is 23.2 Å². The lowest BCUT2D eigenvalue weighted by Gasteiger charge is -2.20. The van der Waals surface area contributed by atoms with Crippen molar-refractivity contribution in [3.8, 4) is 0 Å². The van der Waals surface area contributed by atoms with Crippen molar-refractivity contribution >= 4 is 21.6 Å². The fourth-order valence-corrected chi connectivity index (χ4v) is 4.24. The molecule has 0 unspecified atom stereocenters. The first-order chi connectivity index (χ1) is 15.2. The van der Waals surface area contributed by atoms with E-state index >= 15 is 0 Å². The Morgan fingerprint density at radius 1 is 1.12 bits per heavy atom. The molecule has 2 rings (SSSR count). The Morgan fingerprint density at radius 3 is 2.38 bits per heavy atom. The normalized spacial score (nSPS) is 13.3. The number of aliphatic hydroxyl groups excluding tert-OH is 1. The summed E-state index contributed by atoms with van der Waals surface area (Å²) in [4.78, 5) is 22.6. The van der Waals surface area contributed by atoms with E-state index in [1.807, 2.05) is 37.3 Å². The highest BCUT2D eigenvalue weighted by Crippen LogP contribution is 2.17. The lowest BCUT2D eigenvalue weighted by molar-refractivity contribution is -0.384. The van der Waals surface area contributed by atoms with Crippen molar-refractivity contribution in [3.63, 3.8) is 0 Å². The fraction of sp³-hybridized carbons (Fsp3) is 0.409. The number of rotatable bonds is 13. The topological polar surface area (TPSA) is 139 Å². The number of hydrogen-bond donors (Lipinski definition) is 3. The third-order valence-corrected chi connectivity index (χ3v) is 6.39. The van der Waals surface area contributed by atoms with Gasteiger partial charge in [0.05, 0.1) is 15.9 Å². The fourth-order valence-electron chi connectivity index (χ4n) is 3.16. The smallest absolute Gasteiger partial charge is 0.269 e. The second-order valence-electron chi connectivity index (χ2n) is 7.52. The Kier molecular flexibility index (Phi) is 9.76. The van der Waals surface area contributed by atoms with Crippen LogP contribution in [0.3, 0.4) is 0 Å². The van der Waals surface area contributed by atoms with E-state index in [2.05, 4.69) is 10.0 Å². The van der Waals surface area contributed by atoms with Crippen LogP contribution in [0.25, 0.3) is 0 Å². The zero-order valence-corrected chi connectivity index (χ0v) is 18.8. The van der Waals surface area contributed by atoms with Crippen molar-refractivity contribution in [1.82, 2.24) is 10.0 Å². The van der Waals surface area contributed by atoms with Crippen molar-refractivity contribution in [2.75, 3.05) is 13.1 Å². The number of carbonyl (C=O) groups excluding carboxylic acids is 1. The first-order valence-electron chi connectivity index (χ1n) is 10.5. The van der Waals surface area contributed by atoms with E-state index in [9.17, 15) is 28.4 Å². The number of nitrogens with one attached hydrogen (secondary N) is 2. The number of hydrogen-bond acceptors (Lipinski definition) is 6. The maximum Gasteiger partial charge on any atom is 0.269 e. The van der Waals surface area contributed by atoms with Gasteiger partial charge >= 0.3 is 0 Å². The van der Waals surface area contributed by atoms with E-state index in [0.29, 0.717) is 13.0 Å². The molecule has 0 aromatic heterocycles. The molecular weight excluding hydrogens is 434 g/mol. The van der Waals surface area contributed by atoms with Crippen molar-refractivity contribution in [2.24, 2.45) is 5.92 Å². The Hall–Kier alpha value is -2.82. The minimum absolute atomic E-state index is 0.0790. The minimum atomic E-state index is -3.96. The Morgan fingerprint density at radius 2 is 1.78 bits per heavy atom. The van der Waals surface area contributed by atoms with Gasteiger partial charge in [-0.1, -0.05) is 43.7 Å². The molecule has 0 radical (unpaired) electrons. The maximum absolute atomic E-state index is 12.7. The van der Waals surface area contributed by atoms with Crippen LogP contribution in [0, 0.1) is 16.0 Å². The van der Waals surface area contributed by atoms with E-state index in [0.717, 1.165) is 42.7 Å². The summed E-state index contributed by atoms with van der Waals surface area (Å²) < 4.78 is 27.2. The predicted molar refractivity (Wildman–Crippen MR) is 120 cm³/mol. The van der Waals surface area contributed by atoms with Crippen LogP contribution < -0.4 is 10.0 Å². The third-order valence-electron chi connectivity index (χ3n) is 4.95. The molecule has 0 bridgehead atoms. The Bertz CT molecular complexity index is 980. The Labute approximate surface area is 188 Å². The summed E-state index contributed by atoms with van der Waals surface area (Å²) >= 11 is 0. The summed E-state index contributed by atoms with van der Waals surface area (Å²) in [7, 11) is -3.96. The van der Waals surface area contributed by atoms with Crippen LogP contribution in [0.5, 0.6) is 0 Å². The monoisotopic (exact) mass is 463 g/mol. The van der Waals surface area contributed by atoms with Gasteiger partial charge < -0.3 is 10.4 Å². The van der Waals surface area contributed by atoms with Gasteiger partial charge in [0, 0.05) is 31.1 Å². The number of carbonyl (C=O) groups is 1. The number of nitrogens with zero attached hydrogens (tertiary/aromatic N) is 1. The molecule has 9 nitrogen and oxygen atoms in total. The minimum Gasteiger partial charge on any atom is -0.392 e. The van der Waals surface area contributed by atoms with E-state index in [4.69, 9.17) is 0 Å². The quantitative estimate of drug-likeness (QED) is 0.237. The summed E-state index contributed by atoms with van der Waals surface area (Å²) in [6, 6.07) is 13.9. The summed E-state index contributed by atoms with van der Waals surface area (Å²) in [5.41, 5.74) is 0.726. The number of unbranched alkanes of at least 4 members (excludes halogenated alkanes) is 1. The number of amides is 1. The SMILES string of the molecule is CCCCNC(=O)[C@H](Cc1ccccc1)C[C@H](O)CNS(=O)(=O)c1ccc([N+](=O)[O-])cc1. The zero-order valence-electron chi connectivity index (χ0n) is 17.9. The standard InChI is InChI=1S/C22H29N3O6S/c1-2-3-13-23-22(27)18(14-17-7-5-4-6-8-17)15-20(26)16-24-32(30,31)21-11-9-19(10-12-21)25(28)29/h4-12,18,20,24,26H,2-3,13-16H2,1H3,(H,23,27)/t18-,20+/m1/s1. The molecule has 174 valence electrons. The van der Waals surface area contributed by atoms with Gasteiger partial charge in [-0.15, -0.1) is 0 Å². The first kappa shape index (κ1) is 25.4. The largest absolute Gasteiger partial charge is 0.392 e. The van der Waals surface area contributed by atoms with Crippen LogP contribution in [0.15, 0.2) is 59.5 Å². The van der Waals surface area contributed by atoms with Gasteiger partial charge in [-0.05, 0) is 37.0 Å². The van der Waals surface area contributed by atoms with Crippen LogP contribution in [-0.4, -0.2) is 43.5 Å². The molecule has 0 aliphatic rings. The van der Waals surface area contributed by atoms with Gasteiger partial charge in [0.1, 0.15) is 0 Å². The number of nitro groups is 1. The molecule has 0 spiro atoms. The molecule has 0 fully saturated rings.